The van der Waals surface area contributed by atoms with Gasteiger partial charge in [0.15, 0.2) is 0 Å². The Balaban J connectivity index is 1.67. The van der Waals surface area contributed by atoms with Gasteiger partial charge in [-0.05, 0) is 29.2 Å². The van der Waals surface area contributed by atoms with Crippen LogP contribution in [0.25, 0.3) is 0 Å². The van der Waals surface area contributed by atoms with E-state index in [1.165, 1.54) is 17.8 Å². The number of aliphatic hydroxyl groups is 1. The van der Waals surface area contributed by atoms with Gasteiger partial charge in [0.25, 0.3) is 0 Å². The molecule has 0 radical (unpaired) electrons. The zero-order valence-electron chi connectivity index (χ0n) is 16.4. The summed E-state index contributed by atoms with van der Waals surface area (Å²) in [5, 5.41) is 15.7. The maximum atomic E-state index is 12.9. The molecule has 3 aromatic rings. The number of hydrogen-bond acceptors (Lipinski definition) is 5. The van der Waals surface area contributed by atoms with Crippen molar-refractivity contribution < 1.29 is 18.3 Å². The van der Waals surface area contributed by atoms with Crippen LogP contribution in [-0.4, -0.2) is 21.6 Å². The molecule has 0 amide bonds. The Kier molecular flexibility index (Phi) is 6.89. The molecule has 5 nitrogen and oxygen atoms in total. The zero-order chi connectivity index (χ0) is 21.6. The minimum atomic E-state index is -4.39. The number of aromatic nitrogens is 2. The van der Waals surface area contributed by atoms with Crippen molar-refractivity contribution in [2.75, 3.05) is 17.2 Å². The first-order valence-corrected chi connectivity index (χ1v) is 9.52. The van der Waals surface area contributed by atoms with Crippen molar-refractivity contribution in [2.24, 2.45) is 0 Å². The van der Waals surface area contributed by atoms with Gasteiger partial charge in [-0.3, -0.25) is 0 Å². The lowest BCUT2D eigenvalue weighted by Crippen LogP contribution is -2.14. The molecule has 0 saturated carbocycles. The Morgan fingerprint density at radius 3 is 2.50 bits per heavy atom. The van der Waals surface area contributed by atoms with Crippen LogP contribution in [0.4, 0.5) is 24.9 Å². The summed E-state index contributed by atoms with van der Waals surface area (Å²) in [6.45, 7) is 2.59. The first-order chi connectivity index (χ1) is 14.4. The molecule has 1 atom stereocenters. The summed E-state index contributed by atoms with van der Waals surface area (Å²) in [5.74, 6) is 0.968. The van der Waals surface area contributed by atoms with Gasteiger partial charge >= 0.3 is 6.18 Å². The summed E-state index contributed by atoms with van der Waals surface area (Å²) in [5.41, 5.74) is 1.48. The number of nitrogens with zero attached hydrogens (tertiary/aromatic N) is 2. The number of halogens is 3. The molecule has 1 heterocycles. The molecular weight excluding hydrogens is 393 g/mol. The topological polar surface area (TPSA) is 70.1 Å². The molecule has 158 valence electrons. The van der Waals surface area contributed by atoms with Gasteiger partial charge in [-0.2, -0.15) is 18.2 Å². The van der Waals surface area contributed by atoms with Crippen LogP contribution in [0.15, 0.2) is 60.8 Å². The molecule has 0 saturated heterocycles. The van der Waals surface area contributed by atoms with Gasteiger partial charge in [-0.15, -0.1) is 0 Å². The van der Waals surface area contributed by atoms with Crippen LogP contribution in [0, 0.1) is 0 Å². The van der Waals surface area contributed by atoms with Gasteiger partial charge in [-0.1, -0.05) is 49.4 Å². The Hall–Kier alpha value is -3.13. The van der Waals surface area contributed by atoms with Crippen LogP contribution in [0.3, 0.4) is 0 Å². The van der Waals surface area contributed by atoms with Crippen LogP contribution in [0.2, 0.25) is 0 Å². The Labute approximate surface area is 173 Å². The van der Waals surface area contributed by atoms with E-state index >= 15 is 0 Å². The highest BCUT2D eigenvalue weighted by Gasteiger charge is 2.30. The van der Waals surface area contributed by atoms with Gasteiger partial charge in [0.1, 0.15) is 5.82 Å². The molecule has 0 spiro atoms. The third-order valence-electron chi connectivity index (χ3n) is 4.68. The van der Waals surface area contributed by atoms with Crippen molar-refractivity contribution in [3.8, 4) is 0 Å². The van der Waals surface area contributed by atoms with Crippen LogP contribution in [0.5, 0.6) is 0 Å². The van der Waals surface area contributed by atoms with Gasteiger partial charge < -0.3 is 15.7 Å². The molecule has 0 aliphatic rings. The van der Waals surface area contributed by atoms with Crippen molar-refractivity contribution in [3.63, 3.8) is 0 Å². The number of anilines is 2. The molecule has 1 aromatic heterocycles. The second kappa shape index (κ2) is 9.58. The minimum Gasteiger partial charge on any atom is -0.391 e. The van der Waals surface area contributed by atoms with E-state index in [4.69, 9.17) is 0 Å². The average molecular weight is 416 g/mol. The second-order valence-corrected chi connectivity index (χ2v) is 6.97. The lowest BCUT2D eigenvalue weighted by molar-refractivity contribution is -0.137. The molecular formula is C22H23F3N4O. The average Bonchev–Trinajstić information content (AvgIpc) is 2.76. The van der Waals surface area contributed by atoms with Crippen LogP contribution in [-0.2, 0) is 19.3 Å². The van der Waals surface area contributed by atoms with E-state index in [-0.39, 0.29) is 25.0 Å². The van der Waals surface area contributed by atoms with Crippen molar-refractivity contribution in [1.82, 2.24) is 9.97 Å². The molecule has 0 aliphatic heterocycles. The molecule has 0 bridgehead atoms. The molecule has 3 rings (SSSR count). The molecule has 2 aromatic carbocycles. The zero-order valence-corrected chi connectivity index (χ0v) is 16.4. The summed E-state index contributed by atoms with van der Waals surface area (Å²) in [7, 11) is 0. The van der Waals surface area contributed by atoms with Crippen LogP contribution in [0.1, 0.15) is 35.1 Å². The Bertz CT molecular complexity index is 964. The standard InChI is InChI=1S/C22H23F3N4O/c1-15(17-7-3-2-4-8-17)11-26-20-18(14-30)13-28-21(29-20)27-12-16-6-5-9-19(10-16)22(23,24)25/h2-10,13,15,30H,11-12,14H2,1H3,(H2,26,27,28,29). The highest BCUT2D eigenvalue weighted by atomic mass is 19.4. The lowest BCUT2D eigenvalue weighted by Gasteiger charge is -2.16. The summed E-state index contributed by atoms with van der Waals surface area (Å²) in [4.78, 5) is 8.52. The van der Waals surface area contributed by atoms with Gasteiger partial charge in [0.05, 0.1) is 12.2 Å². The van der Waals surface area contributed by atoms with Crippen LogP contribution < -0.4 is 10.6 Å². The predicted molar refractivity (Wildman–Crippen MR) is 110 cm³/mol. The molecule has 1 unspecified atom stereocenters. The van der Waals surface area contributed by atoms with E-state index < -0.39 is 11.7 Å². The quantitative estimate of drug-likeness (QED) is 0.491. The number of alkyl halides is 3. The fourth-order valence-corrected chi connectivity index (χ4v) is 2.95. The highest BCUT2D eigenvalue weighted by molar-refractivity contribution is 5.47. The van der Waals surface area contributed by atoms with Gasteiger partial charge in [0.2, 0.25) is 5.95 Å². The first-order valence-electron chi connectivity index (χ1n) is 9.52. The van der Waals surface area contributed by atoms with Crippen molar-refractivity contribution >= 4 is 11.8 Å². The van der Waals surface area contributed by atoms with E-state index in [0.717, 1.165) is 12.1 Å². The Morgan fingerprint density at radius 1 is 1.03 bits per heavy atom. The van der Waals surface area contributed by atoms with E-state index in [1.807, 2.05) is 30.3 Å². The number of hydrogen-bond donors (Lipinski definition) is 3. The second-order valence-electron chi connectivity index (χ2n) is 6.97. The predicted octanol–water partition coefficient (Wildman–Crippen LogP) is 4.82. The molecule has 8 heteroatoms. The van der Waals surface area contributed by atoms with Gasteiger partial charge in [0, 0.05) is 24.8 Å². The molecule has 30 heavy (non-hydrogen) atoms. The summed E-state index contributed by atoms with van der Waals surface area (Å²) >= 11 is 0. The fourth-order valence-electron chi connectivity index (χ4n) is 2.95. The van der Waals surface area contributed by atoms with Crippen molar-refractivity contribution in [2.45, 2.75) is 32.2 Å². The lowest BCUT2D eigenvalue weighted by atomic mass is 10.0. The molecule has 0 aliphatic carbocycles. The molecule has 3 N–H and O–H groups in total. The summed E-state index contributed by atoms with van der Waals surface area (Å²) < 4.78 is 38.6. The third-order valence-corrected chi connectivity index (χ3v) is 4.68. The normalized spacial score (nSPS) is 12.4. The monoisotopic (exact) mass is 416 g/mol. The number of rotatable bonds is 8. The maximum absolute atomic E-state index is 12.9. The summed E-state index contributed by atoms with van der Waals surface area (Å²) in [6, 6.07) is 15.1. The van der Waals surface area contributed by atoms with E-state index in [1.54, 1.807) is 6.07 Å². The molecule has 0 fully saturated rings. The smallest absolute Gasteiger partial charge is 0.391 e. The van der Waals surface area contributed by atoms with Crippen molar-refractivity contribution in [3.05, 3.63) is 83.0 Å². The Morgan fingerprint density at radius 2 is 1.80 bits per heavy atom. The number of benzene rings is 2. The third kappa shape index (κ3) is 5.70. The number of nitrogens with one attached hydrogen (secondary N) is 2. The largest absolute Gasteiger partial charge is 0.416 e. The minimum absolute atomic E-state index is 0.141. The van der Waals surface area contributed by atoms with Gasteiger partial charge in [-0.25, -0.2) is 4.98 Å². The van der Waals surface area contributed by atoms with Crippen molar-refractivity contribution in [1.29, 1.82) is 0 Å². The SMILES string of the molecule is CC(CNc1nc(NCc2cccc(C(F)(F)F)c2)ncc1CO)c1ccccc1. The van der Waals surface area contributed by atoms with Crippen LogP contribution >= 0.6 is 0 Å². The summed E-state index contributed by atoms with van der Waals surface area (Å²) in [6.07, 6.45) is -2.89. The first kappa shape index (κ1) is 21.6. The van der Waals surface area contributed by atoms with E-state index in [0.29, 0.717) is 23.5 Å². The fraction of sp³-hybridized carbons (Fsp3) is 0.273. The maximum Gasteiger partial charge on any atom is 0.416 e. The number of aliphatic hydroxyl groups excluding tert-OH is 1. The van der Waals surface area contributed by atoms with E-state index in [2.05, 4.69) is 27.5 Å². The highest BCUT2D eigenvalue weighted by Crippen LogP contribution is 2.29. The van der Waals surface area contributed by atoms with E-state index in [9.17, 15) is 18.3 Å².